The highest BCUT2D eigenvalue weighted by Crippen LogP contribution is 1.92. The highest BCUT2D eigenvalue weighted by atomic mass is 79.9. The molecule has 0 saturated carbocycles. The molecule has 9 heavy (non-hydrogen) atoms. The third-order valence-electron chi connectivity index (χ3n) is 1.21. The van der Waals surface area contributed by atoms with Gasteiger partial charge in [-0.05, 0) is 0 Å². The summed E-state index contributed by atoms with van der Waals surface area (Å²) in [4.78, 5) is 0. The molecule has 0 radical (unpaired) electrons. The van der Waals surface area contributed by atoms with Crippen LogP contribution in [0.2, 0.25) is 12.1 Å². The van der Waals surface area contributed by atoms with Gasteiger partial charge in [-0.25, -0.2) is 0 Å². The van der Waals surface area contributed by atoms with Crippen LogP contribution in [0.3, 0.4) is 0 Å². The Morgan fingerprint density at radius 2 is 1.22 bits per heavy atom. The molecule has 0 saturated heterocycles. The lowest BCUT2D eigenvalue weighted by molar-refractivity contribution is 1.02. The molecule has 0 aromatic rings. The molecule has 0 atom stereocenters. The minimum Gasteiger partial charge on any atom is -0.114 e. The summed E-state index contributed by atoms with van der Waals surface area (Å²) < 4.78 is 0. The van der Waals surface area contributed by atoms with E-state index in [1.165, 1.54) is 12.8 Å². The van der Waals surface area contributed by atoms with E-state index in [1.54, 1.807) is 12.1 Å². The molecular formula is C6H18Br2Si. The van der Waals surface area contributed by atoms with Crippen molar-refractivity contribution < 1.29 is 0 Å². The summed E-state index contributed by atoms with van der Waals surface area (Å²) in [5.41, 5.74) is 0. The Morgan fingerprint density at radius 1 is 0.889 bits per heavy atom. The van der Waals surface area contributed by atoms with E-state index in [0.717, 1.165) is 0 Å². The minimum absolute atomic E-state index is 0. The maximum atomic E-state index is 2.28. The second-order valence-electron chi connectivity index (χ2n) is 2.06. The zero-order chi connectivity index (χ0) is 5.54. The Hall–Kier alpha value is 1.18. The van der Waals surface area contributed by atoms with Crippen molar-refractivity contribution in [3.8, 4) is 0 Å². The van der Waals surface area contributed by atoms with Gasteiger partial charge in [-0.3, -0.25) is 0 Å². The monoisotopic (exact) mass is 276 g/mol. The smallest absolute Gasteiger partial charge is 0.0197 e. The van der Waals surface area contributed by atoms with Crippen LogP contribution >= 0.6 is 34.0 Å². The Labute approximate surface area is 82.2 Å². The van der Waals surface area contributed by atoms with E-state index in [4.69, 9.17) is 0 Å². The van der Waals surface area contributed by atoms with Crippen LogP contribution in [0.15, 0.2) is 0 Å². The number of rotatable bonds is 4. The summed E-state index contributed by atoms with van der Waals surface area (Å²) in [5, 5.41) is 0. The van der Waals surface area contributed by atoms with Crippen LogP contribution < -0.4 is 0 Å². The lowest BCUT2D eigenvalue weighted by Crippen LogP contribution is -1.84. The fraction of sp³-hybridized carbons (Fsp3) is 1.00. The van der Waals surface area contributed by atoms with Crippen LogP contribution in [0.25, 0.3) is 0 Å². The van der Waals surface area contributed by atoms with Crippen molar-refractivity contribution in [2.24, 2.45) is 0 Å². The fourth-order valence-corrected chi connectivity index (χ4v) is 2.03. The molecular weight excluding hydrogens is 260 g/mol. The first-order chi connectivity index (χ1) is 3.41. The molecule has 60 valence electrons. The highest BCUT2D eigenvalue weighted by molar-refractivity contribution is 8.93. The van der Waals surface area contributed by atoms with Gasteiger partial charge in [0.2, 0.25) is 0 Å². The number of hydrogen-bond donors (Lipinski definition) is 0. The lowest BCUT2D eigenvalue weighted by atomic mass is 10.6. The van der Waals surface area contributed by atoms with Gasteiger partial charge in [-0.1, -0.05) is 38.8 Å². The molecule has 0 aliphatic carbocycles. The number of halogens is 2. The lowest BCUT2D eigenvalue weighted by Gasteiger charge is -1.89. The largest absolute Gasteiger partial charge is 0.114 e. The molecule has 0 N–H and O–H groups in total. The van der Waals surface area contributed by atoms with Crippen molar-refractivity contribution in [1.29, 1.82) is 0 Å². The maximum Gasteiger partial charge on any atom is 0.0197 e. The van der Waals surface area contributed by atoms with Gasteiger partial charge in [0.25, 0.3) is 0 Å². The molecule has 0 amide bonds. The topological polar surface area (TPSA) is 0 Å². The van der Waals surface area contributed by atoms with Gasteiger partial charge in [0.05, 0.1) is 0 Å². The Morgan fingerprint density at radius 3 is 1.44 bits per heavy atom. The predicted molar refractivity (Wildman–Crippen MR) is 59.4 cm³/mol. The summed E-state index contributed by atoms with van der Waals surface area (Å²) >= 11 is 0. The van der Waals surface area contributed by atoms with E-state index >= 15 is 0 Å². The van der Waals surface area contributed by atoms with Gasteiger partial charge in [-0.15, -0.1) is 34.0 Å². The molecule has 0 aliphatic rings. The summed E-state index contributed by atoms with van der Waals surface area (Å²) in [5.74, 6) is 0. The highest BCUT2D eigenvalue weighted by Gasteiger charge is 1.81. The normalized spacial score (nSPS) is 7.33. The second-order valence-corrected chi connectivity index (χ2v) is 4.18. The van der Waals surface area contributed by atoms with Gasteiger partial charge < -0.3 is 0 Å². The molecule has 0 aromatic carbocycles. The average molecular weight is 278 g/mol. The Kier molecular flexibility index (Phi) is 29.7. The van der Waals surface area contributed by atoms with Gasteiger partial charge in [-0.2, -0.15) is 0 Å². The molecule has 0 aromatic heterocycles. The van der Waals surface area contributed by atoms with Gasteiger partial charge in [0.1, 0.15) is 0 Å². The third-order valence-corrected chi connectivity index (χ3v) is 3.62. The fourth-order valence-electron chi connectivity index (χ4n) is 0.677. The van der Waals surface area contributed by atoms with Crippen molar-refractivity contribution in [2.45, 2.75) is 38.8 Å². The first kappa shape index (κ1) is 16.6. The SMILES string of the molecule is Br.Br.CCC[SiH2]CCC. The Bertz CT molecular complexity index is 30.2. The van der Waals surface area contributed by atoms with Crippen LogP contribution in [0.4, 0.5) is 0 Å². The molecule has 3 heteroatoms. The van der Waals surface area contributed by atoms with Crippen LogP contribution in [0.1, 0.15) is 26.7 Å². The molecule has 0 unspecified atom stereocenters. The zero-order valence-corrected chi connectivity index (χ0v) is 11.2. The minimum atomic E-state index is 0. The molecule has 0 rings (SSSR count). The number of hydrogen-bond acceptors (Lipinski definition) is 0. The van der Waals surface area contributed by atoms with Crippen molar-refractivity contribution >= 4 is 43.5 Å². The molecule has 0 nitrogen and oxygen atoms in total. The van der Waals surface area contributed by atoms with Crippen LogP contribution in [0.5, 0.6) is 0 Å². The first-order valence-electron chi connectivity index (χ1n) is 3.41. The molecule has 0 aliphatic heterocycles. The third kappa shape index (κ3) is 17.6. The van der Waals surface area contributed by atoms with E-state index in [-0.39, 0.29) is 34.0 Å². The zero-order valence-electron chi connectivity index (χ0n) is 6.35. The van der Waals surface area contributed by atoms with E-state index in [9.17, 15) is 0 Å². The molecule has 0 heterocycles. The van der Waals surface area contributed by atoms with E-state index < -0.39 is 0 Å². The van der Waals surface area contributed by atoms with Crippen LogP contribution in [0, 0.1) is 0 Å². The van der Waals surface area contributed by atoms with Gasteiger partial charge in [0.15, 0.2) is 0 Å². The quantitative estimate of drug-likeness (QED) is 0.548. The molecule has 0 spiro atoms. The van der Waals surface area contributed by atoms with Crippen molar-refractivity contribution in [2.75, 3.05) is 0 Å². The van der Waals surface area contributed by atoms with Crippen LogP contribution in [-0.4, -0.2) is 9.52 Å². The average Bonchev–Trinajstić information content (AvgIpc) is 1.69. The Balaban J connectivity index is -0.000000180. The summed E-state index contributed by atoms with van der Waals surface area (Å²) in [7, 11) is 0.411. The summed E-state index contributed by atoms with van der Waals surface area (Å²) in [6, 6.07) is 3.13. The van der Waals surface area contributed by atoms with Gasteiger partial charge in [0, 0.05) is 9.52 Å². The molecule has 0 bridgehead atoms. The summed E-state index contributed by atoms with van der Waals surface area (Å²) in [6.07, 6.45) is 2.85. The maximum absolute atomic E-state index is 2.28. The van der Waals surface area contributed by atoms with Crippen molar-refractivity contribution in [3.05, 3.63) is 0 Å². The molecule has 0 fully saturated rings. The standard InChI is InChI=1S/C6H16Si.2BrH/c1-3-5-7-6-4-2;;/h3-7H2,1-2H3;2*1H. The second kappa shape index (κ2) is 16.1. The van der Waals surface area contributed by atoms with Gasteiger partial charge >= 0.3 is 0 Å². The van der Waals surface area contributed by atoms with Crippen LogP contribution in [-0.2, 0) is 0 Å². The van der Waals surface area contributed by atoms with Crippen molar-refractivity contribution in [3.63, 3.8) is 0 Å². The predicted octanol–water partition coefficient (Wildman–Crippen LogP) is 2.97. The van der Waals surface area contributed by atoms with E-state index in [2.05, 4.69) is 13.8 Å². The summed E-state index contributed by atoms with van der Waals surface area (Å²) in [6.45, 7) is 4.56. The van der Waals surface area contributed by atoms with E-state index in [0.29, 0.717) is 9.52 Å². The van der Waals surface area contributed by atoms with E-state index in [1.807, 2.05) is 0 Å². The van der Waals surface area contributed by atoms with Crippen molar-refractivity contribution in [1.82, 2.24) is 0 Å². The first-order valence-corrected chi connectivity index (χ1v) is 5.41.